The average molecular weight is 373 g/mol. The van der Waals surface area contributed by atoms with Gasteiger partial charge in [-0.15, -0.1) is 0 Å². The van der Waals surface area contributed by atoms with E-state index in [0.29, 0.717) is 27.8 Å². The van der Waals surface area contributed by atoms with Crippen molar-refractivity contribution in [2.24, 2.45) is 0 Å². The summed E-state index contributed by atoms with van der Waals surface area (Å²) in [7, 11) is 1.63. The third kappa shape index (κ3) is 4.27. The average Bonchev–Trinajstić information content (AvgIpc) is 2.87. The molecule has 0 aliphatic carbocycles. The minimum atomic E-state index is -0.330. The molecule has 3 rings (SSSR count). The Kier molecular flexibility index (Phi) is 5.50. The van der Waals surface area contributed by atoms with Crippen molar-refractivity contribution in [3.8, 4) is 5.75 Å². The summed E-state index contributed by atoms with van der Waals surface area (Å²) in [6.07, 6.45) is 2.37. The van der Waals surface area contributed by atoms with Gasteiger partial charge in [0, 0.05) is 6.54 Å². The Balaban J connectivity index is 1.68. The molecule has 0 aromatic heterocycles. The van der Waals surface area contributed by atoms with Gasteiger partial charge in [-0.1, -0.05) is 48.2 Å². The van der Waals surface area contributed by atoms with Crippen molar-refractivity contribution in [2.75, 3.05) is 13.7 Å². The number of nitrogens with zero attached hydrogens (tertiary/aromatic N) is 1. The molecule has 1 aliphatic heterocycles. The lowest BCUT2D eigenvalue weighted by atomic mass is 10.1. The largest absolute Gasteiger partial charge is 0.497 e. The minimum absolute atomic E-state index is 0.132. The number of methoxy groups -OCH3 is 1. The molecule has 0 spiro atoms. The van der Waals surface area contributed by atoms with Crippen LogP contribution in [0.4, 0.5) is 4.39 Å². The Morgan fingerprint density at radius 1 is 1.24 bits per heavy atom. The van der Waals surface area contributed by atoms with Gasteiger partial charge in [0.25, 0.3) is 5.91 Å². The summed E-state index contributed by atoms with van der Waals surface area (Å²) in [5.41, 5.74) is 1.75. The maximum Gasteiger partial charge on any atom is 0.266 e. The van der Waals surface area contributed by atoms with E-state index in [2.05, 4.69) is 0 Å². The summed E-state index contributed by atoms with van der Waals surface area (Å²) in [5.74, 6) is 0.337. The predicted octanol–water partition coefficient (Wildman–Crippen LogP) is 4.28. The second-order valence-corrected chi connectivity index (χ2v) is 7.16. The van der Waals surface area contributed by atoms with Crippen molar-refractivity contribution in [3.63, 3.8) is 0 Å². The second-order valence-electron chi connectivity index (χ2n) is 5.49. The lowest BCUT2D eigenvalue weighted by Crippen LogP contribution is -2.30. The van der Waals surface area contributed by atoms with Gasteiger partial charge < -0.3 is 4.74 Å². The van der Waals surface area contributed by atoms with E-state index in [1.54, 1.807) is 30.2 Å². The molecule has 1 saturated heterocycles. The Morgan fingerprint density at radius 2 is 2.00 bits per heavy atom. The van der Waals surface area contributed by atoms with Crippen LogP contribution in [0.25, 0.3) is 6.08 Å². The van der Waals surface area contributed by atoms with Crippen molar-refractivity contribution in [3.05, 3.63) is 70.4 Å². The molecule has 1 fully saturated rings. The quantitative estimate of drug-likeness (QED) is 0.578. The highest BCUT2D eigenvalue weighted by Crippen LogP contribution is 2.32. The highest BCUT2D eigenvalue weighted by Gasteiger charge is 2.31. The number of benzene rings is 2. The first kappa shape index (κ1) is 17.6. The van der Waals surface area contributed by atoms with Crippen LogP contribution in [0.5, 0.6) is 5.75 Å². The molecule has 0 unspecified atom stereocenters. The van der Waals surface area contributed by atoms with E-state index >= 15 is 0 Å². The van der Waals surface area contributed by atoms with Gasteiger partial charge in [0.2, 0.25) is 0 Å². The molecule has 2 aromatic rings. The molecule has 6 heteroatoms. The van der Waals surface area contributed by atoms with Crippen LogP contribution < -0.4 is 4.74 Å². The first-order valence-electron chi connectivity index (χ1n) is 7.70. The van der Waals surface area contributed by atoms with Crippen LogP contribution in [0.15, 0.2) is 53.4 Å². The van der Waals surface area contributed by atoms with Gasteiger partial charge in [-0.25, -0.2) is 4.39 Å². The molecular weight excluding hydrogens is 357 g/mol. The molecule has 0 bridgehead atoms. The molecule has 0 atom stereocenters. The standard InChI is InChI=1S/C19H16FNO2S2/c1-23-16-7-5-13(6-8-16)9-10-21-18(22)17(25-19(21)24)12-14-3-2-4-15(20)11-14/h2-8,11-12H,9-10H2,1H3. The number of thioether (sulfide) groups is 1. The molecule has 0 radical (unpaired) electrons. The summed E-state index contributed by atoms with van der Waals surface area (Å²) in [6, 6.07) is 13.9. The summed E-state index contributed by atoms with van der Waals surface area (Å²) >= 11 is 6.57. The third-order valence-electron chi connectivity index (χ3n) is 3.80. The zero-order valence-corrected chi connectivity index (χ0v) is 15.2. The highest BCUT2D eigenvalue weighted by atomic mass is 32.2. The van der Waals surface area contributed by atoms with E-state index in [-0.39, 0.29) is 11.7 Å². The molecule has 128 valence electrons. The van der Waals surface area contributed by atoms with Crippen LogP contribution >= 0.6 is 24.0 Å². The van der Waals surface area contributed by atoms with Crippen molar-refractivity contribution in [1.29, 1.82) is 0 Å². The van der Waals surface area contributed by atoms with Crippen LogP contribution in [-0.2, 0) is 11.2 Å². The molecule has 0 N–H and O–H groups in total. The van der Waals surface area contributed by atoms with Gasteiger partial charge in [0.15, 0.2) is 0 Å². The number of hydrogen-bond donors (Lipinski definition) is 0. The molecule has 0 saturated carbocycles. The maximum atomic E-state index is 13.3. The van der Waals surface area contributed by atoms with Gasteiger partial charge in [-0.3, -0.25) is 9.69 Å². The number of carbonyl (C=O) groups is 1. The van der Waals surface area contributed by atoms with E-state index in [1.165, 1.54) is 23.9 Å². The van der Waals surface area contributed by atoms with Gasteiger partial charge >= 0.3 is 0 Å². The first-order valence-corrected chi connectivity index (χ1v) is 8.93. The molecule has 2 aromatic carbocycles. The number of amides is 1. The number of hydrogen-bond acceptors (Lipinski definition) is 4. The van der Waals surface area contributed by atoms with E-state index in [0.717, 1.165) is 11.3 Å². The van der Waals surface area contributed by atoms with Crippen molar-refractivity contribution < 1.29 is 13.9 Å². The number of carbonyl (C=O) groups excluding carboxylic acids is 1. The minimum Gasteiger partial charge on any atom is -0.497 e. The van der Waals surface area contributed by atoms with E-state index in [4.69, 9.17) is 17.0 Å². The molecule has 1 amide bonds. The summed E-state index contributed by atoms with van der Waals surface area (Å²) in [4.78, 5) is 14.7. The van der Waals surface area contributed by atoms with Gasteiger partial charge in [0.1, 0.15) is 15.9 Å². The fraction of sp³-hybridized carbons (Fsp3) is 0.158. The Labute approximate surface area is 155 Å². The fourth-order valence-electron chi connectivity index (χ4n) is 2.47. The lowest BCUT2D eigenvalue weighted by Gasteiger charge is -2.14. The summed E-state index contributed by atoms with van der Waals surface area (Å²) in [5, 5.41) is 0. The molecule has 1 heterocycles. The van der Waals surface area contributed by atoms with Gasteiger partial charge in [0.05, 0.1) is 12.0 Å². The molecule has 3 nitrogen and oxygen atoms in total. The van der Waals surface area contributed by atoms with Crippen molar-refractivity contribution in [2.45, 2.75) is 6.42 Å². The van der Waals surface area contributed by atoms with Crippen LogP contribution in [0.3, 0.4) is 0 Å². The van der Waals surface area contributed by atoms with Crippen molar-refractivity contribution >= 4 is 40.3 Å². The summed E-state index contributed by atoms with van der Waals surface area (Å²) < 4.78 is 19.0. The fourth-order valence-corrected chi connectivity index (χ4v) is 3.78. The normalized spacial score (nSPS) is 15.9. The lowest BCUT2D eigenvalue weighted by molar-refractivity contribution is -0.122. The Hall–Kier alpha value is -2.18. The van der Waals surface area contributed by atoms with Gasteiger partial charge in [-0.05, 0) is 47.9 Å². The second kappa shape index (κ2) is 7.80. The molecule has 25 heavy (non-hydrogen) atoms. The number of thiocarbonyl (C=S) groups is 1. The van der Waals surface area contributed by atoms with Crippen molar-refractivity contribution in [1.82, 2.24) is 4.90 Å². The number of ether oxygens (including phenoxy) is 1. The highest BCUT2D eigenvalue weighted by molar-refractivity contribution is 8.26. The van der Waals surface area contributed by atoms with E-state index in [9.17, 15) is 9.18 Å². The molecule has 1 aliphatic rings. The van der Waals surface area contributed by atoms with Gasteiger partial charge in [-0.2, -0.15) is 0 Å². The molecular formula is C19H16FNO2S2. The maximum absolute atomic E-state index is 13.3. The van der Waals surface area contributed by atoms with E-state index in [1.807, 2.05) is 24.3 Å². The van der Waals surface area contributed by atoms with Crippen LogP contribution in [0, 0.1) is 5.82 Å². The SMILES string of the molecule is COc1ccc(CCN2C(=O)C(=Cc3cccc(F)c3)SC2=S)cc1. The summed E-state index contributed by atoms with van der Waals surface area (Å²) in [6.45, 7) is 0.511. The Morgan fingerprint density at radius 3 is 2.68 bits per heavy atom. The zero-order chi connectivity index (χ0) is 17.8. The number of rotatable bonds is 5. The van der Waals surface area contributed by atoms with E-state index < -0.39 is 0 Å². The van der Waals surface area contributed by atoms with Crippen LogP contribution in [-0.4, -0.2) is 28.8 Å². The smallest absolute Gasteiger partial charge is 0.266 e. The topological polar surface area (TPSA) is 29.5 Å². The monoisotopic (exact) mass is 373 g/mol. The number of halogens is 1. The first-order chi connectivity index (χ1) is 12.1. The third-order valence-corrected chi connectivity index (χ3v) is 5.18. The predicted molar refractivity (Wildman–Crippen MR) is 103 cm³/mol. The van der Waals surface area contributed by atoms with Crippen LogP contribution in [0.1, 0.15) is 11.1 Å². The Bertz CT molecular complexity index is 834. The zero-order valence-electron chi connectivity index (χ0n) is 13.6. The van der Waals surface area contributed by atoms with Crippen LogP contribution in [0.2, 0.25) is 0 Å².